The van der Waals surface area contributed by atoms with Gasteiger partial charge in [-0.2, -0.15) is 0 Å². The summed E-state index contributed by atoms with van der Waals surface area (Å²) < 4.78 is 5.69. The fourth-order valence-corrected chi connectivity index (χ4v) is 3.77. The van der Waals surface area contributed by atoms with E-state index in [2.05, 4.69) is 0 Å². The van der Waals surface area contributed by atoms with E-state index in [0.29, 0.717) is 27.3 Å². The summed E-state index contributed by atoms with van der Waals surface area (Å²) >= 11 is 8.25. The highest BCUT2D eigenvalue weighted by atomic mass is 35.5. The number of amides is 2. The maximum absolute atomic E-state index is 12.0. The molecule has 1 aromatic heterocycles. The molecule has 0 aliphatic carbocycles. The standard InChI is InChI=1S/C16H12ClNO3S2/c1-2-18-15(19)13(23-16(18)20)9-11-5-8-14(21-11)22-12-6-3-10(17)4-7-12/h3-9H,2H2,1H3/b13-9+. The molecule has 0 saturated carbocycles. The van der Waals surface area contributed by atoms with Crippen molar-refractivity contribution in [3.63, 3.8) is 0 Å². The Kier molecular flexibility index (Phi) is 4.84. The second-order valence-corrected chi connectivity index (χ2v) is 7.15. The van der Waals surface area contributed by atoms with Gasteiger partial charge in [-0.1, -0.05) is 23.4 Å². The van der Waals surface area contributed by atoms with E-state index in [1.807, 2.05) is 30.3 Å². The number of rotatable bonds is 4. The fourth-order valence-electron chi connectivity index (χ4n) is 1.99. The molecule has 1 aliphatic heterocycles. The number of hydrogen-bond donors (Lipinski definition) is 0. The molecular formula is C16H12ClNO3S2. The fraction of sp³-hybridized carbons (Fsp3) is 0.125. The van der Waals surface area contributed by atoms with Crippen LogP contribution < -0.4 is 0 Å². The van der Waals surface area contributed by atoms with Crippen LogP contribution in [0.1, 0.15) is 12.7 Å². The first-order chi connectivity index (χ1) is 11.1. The Morgan fingerprint density at radius 1 is 1.22 bits per heavy atom. The van der Waals surface area contributed by atoms with Crippen molar-refractivity contribution in [2.24, 2.45) is 0 Å². The molecule has 1 saturated heterocycles. The first-order valence-electron chi connectivity index (χ1n) is 6.85. The number of nitrogens with zero attached hydrogens (tertiary/aromatic N) is 1. The molecule has 0 radical (unpaired) electrons. The molecule has 2 amide bonds. The molecular weight excluding hydrogens is 354 g/mol. The maximum Gasteiger partial charge on any atom is 0.293 e. The molecule has 7 heteroatoms. The molecule has 23 heavy (non-hydrogen) atoms. The molecule has 2 aromatic rings. The van der Waals surface area contributed by atoms with Gasteiger partial charge in [0.1, 0.15) is 5.76 Å². The van der Waals surface area contributed by atoms with Gasteiger partial charge in [0.25, 0.3) is 11.1 Å². The average Bonchev–Trinajstić information content (AvgIpc) is 3.07. The summed E-state index contributed by atoms with van der Waals surface area (Å²) in [6.07, 6.45) is 1.60. The van der Waals surface area contributed by atoms with E-state index in [1.165, 1.54) is 16.7 Å². The molecule has 4 nitrogen and oxygen atoms in total. The van der Waals surface area contributed by atoms with Crippen molar-refractivity contribution in [1.82, 2.24) is 4.90 Å². The largest absolute Gasteiger partial charge is 0.450 e. The summed E-state index contributed by atoms with van der Waals surface area (Å²) in [5, 5.41) is 1.14. The number of carbonyl (C=O) groups excluding carboxylic acids is 2. The van der Waals surface area contributed by atoms with Crippen molar-refractivity contribution in [3.8, 4) is 0 Å². The Morgan fingerprint density at radius 2 is 1.96 bits per heavy atom. The number of carbonyl (C=O) groups is 2. The molecule has 0 spiro atoms. The van der Waals surface area contributed by atoms with E-state index in [9.17, 15) is 9.59 Å². The van der Waals surface area contributed by atoms with E-state index >= 15 is 0 Å². The molecule has 0 unspecified atom stereocenters. The zero-order chi connectivity index (χ0) is 16.4. The Morgan fingerprint density at radius 3 is 2.61 bits per heavy atom. The van der Waals surface area contributed by atoms with Gasteiger partial charge in [-0.15, -0.1) is 0 Å². The smallest absolute Gasteiger partial charge is 0.293 e. The van der Waals surface area contributed by atoms with Crippen molar-refractivity contribution < 1.29 is 14.0 Å². The minimum absolute atomic E-state index is 0.244. The van der Waals surface area contributed by atoms with Crippen molar-refractivity contribution in [2.45, 2.75) is 16.9 Å². The molecule has 0 bridgehead atoms. The van der Waals surface area contributed by atoms with E-state index < -0.39 is 0 Å². The highest BCUT2D eigenvalue weighted by molar-refractivity contribution is 8.18. The molecule has 0 atom stereocenters. The maximum atomic E-state index is 12.0. The lowest BCUT2D eigenvalue weighted by atomic mass is 10.3. The first kappa shape index (κ1) is 16.2. The van der Waals surface area contributed by atoms with Crippen LogP contribution in [-0.2, 0) is 4.79 Å². The summed E-state index contributed by atoms with van der Waals surface area (Å²) in [5.41, 5.74) is 0. The van der Waals surface area contributed by atoms with Crippen LogP contribution in [0, 0.1) is 0 Å². The minimum atomic E-state index is -0.272. The lowest BCUT2D eigenvalue weighted by molar-refractivity contribution is -0.122. The van der Waals surface area contributed by atoms with Gasteiger partial charge in [-0.3, -0.25) is 14.5 Å². The van der Waals surface area contributed by atoms with E-state index in [0.717, 1.165) is 16.7 Å². The number of likely N-dealkylation sites (N-methyl/N-ethyl adjacent to an activating group) is 1. The number of imide groups is 1. The topological polar surface area (TPSA) is 50.5 Å². The number of benzene rings is 1. The molecule has 2 heterocycles. The van der Waals surface area contributed by atoms with Crippen LogP contribution in [0.3, 0.4) is 0 Å². The molecule has 3 rings (SSSR count). The third kappa shape index (κ3) is 3.65. The summed E-state index contributed by atoms with van der Waals surface area (Å²) in [5.74, 6) is 0.272. The van der Waals surface area contributed by atoms with Gasteiger partial charge in [0.05, 0.1) is 4.91 Å². The van der Waals surface area contributed by atoms with Crippen LogP contribution >= 0.6 is 35.1 Å². The SMILES string of the molecule is CCN1C(=O)S/C(=C/c2ccc(Sc3ccc(Cl)cc3)o2)C1=O. The quantitative estimate of drug-likeness (QED) is 0.702. The van der Waals surface area contributed by atoms with Crippen molar-refractivity contribution >= 4 is 52.3 Å². The molecule has 118 valence electrons. The summed E-state index contributed by atoms with van der Waals surface area (Å²) in [6.45, 7) is 2.14. The molecule has 1 fully saturated rings. The number of furan rings is 1. The van der Waals surface area contributed by atoms with Gasteiger partial charge in [-0.25, -0.2) is 0 Å². The van der Waals surface area contributed by atoms with Crippen LogP contribution in [0.5, 0.6) is 0 Å². The van der Waals surface area contributed by atoms with E-state index in [-0.39, 0.29) is 11.1 Å². The second kappa shape index (κ2) is 6.86. The lowest BCUT2D eigenvalue weighted by Crippen LogP contribution is -2.27. The normalized spacial score (nSPS) is 16.6. The van der Waals surface area contributed by atoms with Crippen LogP contribution in [0.15, 0.2) is 55.7 Å². The predicted octanol–water partition coefficient (Wildman–Crippen LogP) is 5.14. The lowest BCUT2D eigenvalue weighted by Gasteiger charge is -2.06. The van der Waals surface area contributed by atoms with Gasteiger partial charge >= 0.3 is 0 Å². The highest BCUT2D eigenvalue weighted by Gasteiger charge is 2.33. The van der Waals surface area contributed by atoms with Gasteiger partial charge in [-0.05, 0) is 55.1 Å². The predicted molar refractivity (Wildman–Crippen MR) is 92.6 cm³/mol. The number of hydrogen-bond acceptors (Lipinski definition) is 5. The van der Waals surface area contributed by atoms with Crippen molar-refractivity contribution in [2.75, 3.05) is 6.54 Å². The third-order valence-corrected chi connectivity index (χ3v) is 5.19. The monoisotopic (exact) mass is 365 g/mol. The number of thioether (sulfide) groups is 1. The van der Waals surface area contributed by atoms with Gasteiger partial charge < -0.3 is 4.42 Å². The summed E-state index contributed by atoms with van der Waals surface area (Å²) in [4.78, 5) is 26.3. The summed E-state index contributed by atoms with van der Waals surface area (Å²) in [6, 6.07) is 11.0. The van der Waals surface area contributed by atoms with Crippen LogP contribution in [-0.4, -0.2) is 22.6 Å². The summed E-state index contributed by atoms with van der Waals surface area (Å²) in [7, 11) is 0. The Balaban J connectivity index is 1.75. The Hall–Kier alpha value is -1.63. The van der Waals surface area contributed by atoms with Crippen LogP contribution in [0.4, 0.5) is 4.79 Å². The minimum Gasteiger partial charge on any atom is -0.450 e. The number of halogens is 1. The zero-order valence-corrected chi connectivity index (χ0v) is 14.5. The molecule has 0 N–H and O–H groups in total. The zero-order valence-electron chi connectivity index (χ0n) is 12.1. The van der Waals surface area contributed by atoms with Crippen molar-refractivity contribution in [3.05, 3.63) is 52.1 Å². The first-order valence-corrected chi connectivity index (χ1v) is 8.86. The Labute approximate surface area is 146 Å². The van der Waals surface area contributed by atoms with Gasteiger partial charge in [0, 0.05) is 22.5 Å². The average molecular weight is 366 g/mol. The molecule has 1 aliphatic rings. The van der Waals surface area contributed by atoms with Gasteiger partial charge in [0.2, 0.25) is 0 Å². The van der Waals surface area contributed by atoms with Crippen LogP contribution in [0.25, 0.3) is 6.08 Å². The third-order valence-electron chi connectivity index (χ3n) is 3.10. The van der Waals surface area contributed by atoms with E-state index in [4.69, 9.17) is 16.0 Å². The van der Waals surface area contributed by atoms with E-state index in [1.54, 1.807) is 19.1 Å². The van der Waals surface area contributed by atoms with Gasteiger partial charge in [0.15, 0.2) is 5.09 Å². The second-order valence-electron chi connectivity index (χ2n) is 4.64. The van der Waals surface area contributed by atoms with Crippen molar-refractivity contribution in [1.29, 1.82) is 0 Å². The Bertz CT molecular complexity index is 783. The molecule has 1 aromatic carbocycles. The highest BCUT2D eigenvalue weighted by Crippen LogP contribution is 2.34. The van der Waals surface area contributed by atoms with Crippen LogP contribution in [0.2, 0.25) is 5.02 Å².